The van der Waals surface area contributed by atoms with E-state index < -0.39 is 0 Å². The average Bonchev–Trinajstić information content (AvgIpc) is 3.41. The van der Waals surface area contributed by atoms with Gasteiger partial charge in [0.2, 0.25) is 5.91 Å². The van der Waals surface area contributed by atoms with E-state index in [1.54, 1.807) is 0 Å². The third-order valence-electron chi connectivity index (χ3n) is 5.85. The lowest BCUT2D eigenvalue weighted by molar-refractivity contribution is -0.118. The van der Waals surface area contributed by atoms with Crippen LogP contribution in [0, 0.1) is 6.92 Å². The minimum Gasteiger partial charge on any atom is -0.351 e. The lowest BCUT2D eigenvalue weighted by atomic mass is 9.99. The first-order chi connectivity index (χ1) is 15.2. The maximum absolute atomic E-state index is 12.3. The fourth-order valence-electron chi connectivity index (χ4n) is 4.14. The van der Waals surface area contributed by atoms with E-state index in [-0.39, 0.29) is 24.2 Å². The predicted molar refractivity (Wildman–Crippen MR) is 123 cm³/mol. The first-order valence-electron chi connectivity index (χ1n) is 10.5. The van der Waals surface area contributed by atoms with Crippen molar-refractivity contribution in [2.75, 3.05) is 5.75 Å². The summed E-state index contributed by atoms with van der Waals surface area (Å²) in [5.74, 6) is 0.341. The molecule has 2 aromatic rings. The molecule has 0 radical (unpaired) electrons. The second-order valence-corrected chi connectivity index (χ2v) is 8.97. The summed E-state index contributed by atoms with van der Waals surface area (Å²) < 4.78 is 0. The number of carbonyl (C=O) groups is 1. The molecule has 2 aromatic carbocycles. The van der Waals surface area contributed by atoms with E-state index in [4.69, 9.17) is 0 Å². The number of hydrazine groups is 1. The Morgan fingerprint density at radius 3 is 2.77 bits per heavy atom. The van der Waals surface area contributed by atoms with Crippen molar-refractivity contribution in [3.8, 4) is 0 Å². The molecular weight excluding hydrogens is 408 g/mol. The summed E-state index contributed by atoms with van der Waals surface area (Å²) >= 11 is 1.46. The van der Waals surface area contributed by atoms with Crippen molar-refractivity contribution < 1.29 is 4.79 Å². The number of carbonyl (C=O) groups excluding carboxylic acids is 1. The van der Waals surface area contributed by atoms with E-state index in [2.05, 4.69) is 68.6 Å². The van der Waals surface area contributed by atoms with Crippen LogP contribution >= 0.6 is 11.8 Å². The van der Waals surface area contributed by atoms with E-state index in [1.807, 2.05) is 36.5 Å². The minimum atomic E-state index is 0.00425. The van der Waals surface area contributed by atoms with Crippen LogP contribution in [0.2, 0.25) is 0 Å². The van der Waals surface area contributed by atoms with Crippen molar-refractivity contribution in [3.05, 3.63) is 83.7 Å². The van der Waals surface area contributed by atoms with Crippen LogP contribution in [0.15, 0.2) is 72.1 Å². The van der Waals surface area contributed by atoms with Crippen molar-refractivity contribution in [1.29, 1.82) is 0 Å². The highest BCUT2D eigenvalue weighted by Gasteiger charge is 2.44. The zero-order chi connectivity index (χ0) is 21.2. The Morgan fingerprint density at radius 1 is 1.16 bits per heavy atom. The molecule has 1 saturated heterocycles. The summed E-state index contributed by atoms with van der Waals surface area (Å²) in [6.45, 7) is 2.65. The van der Waals surface area contributed by atoms with Gasteiger partial charge in [0.25, 0.3) is 0 Å². The highest BCUT2D eigenvalue weighted by atomic mass is 32.2. The Hall–Kier alpha value is -2.97. The number of thioether (sulfide) groups is 1. The Kier molecular flexibility index (Phi) is 5.57. The number of amidine groups is 1. The molecule has 3 atom stereocenters. The first kappa shape index (κ1) is 20.0. The molecule has 3 unspecified atom stereocenters. The highest BCUT2D eigenvalue weighted by molar-refractivity contribution is 8.14. The normalized spacial score (nSPS) is 23.8. The molecule has 1 amide bonds. The van der Waals surface area contributed by atoms with Gasteiger partial charge in [0.15, 0.2) is 5.17 Å². The van der Waals surface area contributed by atoms with Crippen LogP contribution in [0.4, 0.5) is 0 Å². The molecule has 1 fully saturated rings. The van der Waals surface area contributed by atoms with E-state index in [9.17, 15) is 4.79 Å². The van der Waals surface area contributed by atoms with Crippen LogP contribution in [-0.2, 0) is 11.3 Å². The largest absolute Gasteiger partial charge is 0.351 e. The zero-order valence-corrected chi connectivity index (χ0v) is 18.2. The van der Waals surface area contributed by atoms with Crippen molar-refractivity contribution in [2.45, 2.75) is 38.1 Å². The molecule has 3 N–H and O–H groups in total. The van der Waals surface area contributed by atoms with Crippen molar-refractivity contribution in [3.63, 3.8) is 0 Å². The van der Waals surface area contributed by atoms with Gasteiger partial charge in [0.05, 0.1) is 17.8 Å². The summed E-state index contributed by atoms with van der Waals surface area (Å²) in [5, 5.41) is 10.5. The lowest BCUT2D eigenvalue weighted by Crippen LogP contribution is -2.54. The van der Waals surface area contributed by atoms with Gasteiger partial charge in [-0.15, -0.1) is 0 Å². The zero-order valence-electron chi connectivity index (χ0n) is 17.4. The van der Waals surface area contributed by atoms with Crippen molar-refractivity contribution in [2.24, 2.45) is 5.10 Å². The van der Waals surface area contributed by atoms with Crippen LogP contribution in [-0.4, -0.2) is 38.9 Å². The van der Waals surface area contributed by atoms with E-state index in [0.29, 0.717) is 12.3 Å². The maximum Gasteiger partial charge on any atom is 0.230 e. The summed E-state index contributed by atoms with van der Waals surface area (Å²) in [6, 6.07) is 19.2. The van der Waals surface area contributed by atoms with Crippen LogP contribution in [0.1, 0.15) is 29.2 Å². The van der Waals surface area contributed by atoms with Crippen LogP contribution in [0.5, 0.6) is 0 Å². The second-order valence-electron chi connectivity index (χ2n) is 8.03. The molecule has 3 aliphatic heterocycles. The van der Waals surface area contributed by atoms with Crippen LogP contribution in [0.25, 0.3) is 0 Å². The fraction of sp³-hybridized carbons (Fsp3) is 0.304. The van der Waals surface area contributed by atoms with Gasteiger partial charge in [-0.1, -0.05) is 71.9 Å². The number of aryl methyl sites for hydroxylation is 1. The molecule has 5 rings (SSSR count). The molecule has 31 heavy (non-hydrogen) atoms. The number of amides is 1. The number of nitrogens with one attached hydrogen (secondary N) is 3. The first-order valence-corrected chi connectivity index (χ1v) is 11.5. The molecule has 0 spiro atoms. The van der Waals surface area contributed by atoms with Gasteiger partial charge in [-0.05, 0) is 24.5 Å². The Bertz CT molecular complexity index is 993. The summed E-state index contributed by atoms with van der Waals surface area (Å²) in [5.41, 5.74) is 10.5. The monoisotopic (exact) mass is 434 g/mol. The van der Waals surface area contributed by atoms with Gasteiger partial charge in [0.1, 0.15) is 6.17 Å². The van der Waals surface area contributed by atoms with Gasteiger partial charge in [-0.2, -0.15) is 5.10 Å². The molecule has 7 nitrogen and oxygen atoms in total. The fourth-order valence-corrected chi connectivity index (χ4v) is 4.95. The van der Waals surface area contributed by atoms with E-state index in [0.717, 1.165) is 17.2 Å². The van der Waals surface area contributed by atoms with Gasteiger partial charge in [0, 0.05) is 18.9 Å². The third kappa shape index (κ3) is 4.26. The Balaban J connectivity index is 1.15. The quantitative estimate of drug-likeness (QED) is 0.672. The number of benzene rings is 2. The SMILES string of the molecule is Cc1ccc(C2CC3C4NN=C(SCC(=O)NCc5ccccc5)N4C=CN3N2)cc1. The van der Waals surface area contributed by atoms with Crippen LogP contribution in [0.3, 0.4) is 0 Å². The summed E-state index contributed by atoms with van der Waals surface area (Å²) in [7, 11) is 0. The number of nitrogens with zero attached hydrogens (tertiary/aromatic N) is 3. The second kappa shape index (κ2) is 8.64. The number of rotatable bonds is 5. The van der Waals surface area contributed by atoms with E-state index in [1.165, 1.54) is 22.9 Å². The minimum absolute atomic E-state index is 0.00425. The maximum atomic E-state index is 12.3. The molecule has 3 heterocycles. The number of hydrogen-bond donors (Lipinski definition) is 3. The topological polar surface area (TPSA) is 72.0 Å². The molecule has 160 valence electrons. The summed E-state index contributed by atoms with van der Waals surface area (Å²) in [4.78, 5) is 14.4. The van der Waals surface area contributed by atoms with Crippen molar-refractivity contribution in [1.82, 2.24) is 26.1 Å². The predicted octanol–water partition coefficient (Wildman–Crippen LogP) is 2.65. The molecule has 3 aliphatic rings. The number of fused-ring (bicyclic) bond motifs is 3. The summed E-state index contributed by atoms with van der Waals surface area (Å²) in [6.07, 6.45) is 5.13. The smallest absolute Gasteiger partial charge is 0.230 e. The Morgan fingerprint density at radius 2 is 1.97 bits per heavy atom. The number of hydrogen-bond acceptors (Lipinski definition) is 7. The molecule has 0 bridgehead atoms. The highest BCUT2D eigenvalue weighted by Crippen LogP contribution is 2.35. The standard InChI is InChI=1S/C23H26N6OS/c1-16-7-9-18(10-8-16)19-13-20-22-25-26-23(28(22)11-12-29(20)27-19)31-15-21(30)24-14-17-5-3-2-4-6-17/h2-12,19-20,22,25,27H,13-15H2,1H3,(H,24,30). The van der Waals surface area contributed by atoms with Gasteiger partial charge in [-0.3, -0.25) is 10.2 Å². The lowest BCUT2D eigenvalue weighted by Gasteiger charge is -2.36. The molecule has 0 aliphatic carbocycles. The van der Waals surface area contributed by atoms with Crippen molar-refractivity contribution >= 4 is 22.8 Å². The van der Waals surface area contributed by atoms with Gasteiger partial charge < -0.3 is 15.2 Å². The molecule has 8 heteroatoms. The third-order valence-corrected chi connectivity index (χ3v) is 6.82. The van der Waals surface area contributed by atoms with Gasteiger partial charge >= 0.3 is 0 Å². The number of hydrazone groups is 1. The van der Waals surface area contributed by atoms with E-state index >= 15 is 0 Å². The van der Waals surface area contributed by atoms with Gasteiger partial charge in [-0.25, -0.2) is 5.43 Å². The molecule has 0 aromatic heterocycles. The molecular formula is C23H26N6OS. The Labute approximate surface area is 186 Å². The molecule has 0 saturated carbocycles. The average molecular weight is 435 g/mol. The van der Waals surface area contributed by atoms with Crippen LogP contribution < -0.4 is 16.2 Å².